The van der Waals surface area contributed by atoms with Crippen LogP contribution in [-0.2, 0) is 4.74 Å². The lowest BCUT2D eigenvalue weighted by Crippen LogP contribution is -2.45. The zero-order valence-electron chi connectivity index (χ0n) is 10.00. The molecule has 6 nitrogen and oxygen atoms in total. The lowest BCUT2D eigenvalue weighted by atomic mass is 10.2. The molecule has 1 fully saturated rings. The zero-order chi connectivity index (χ0) is 13.1. The Morgan fingerprint density at radius 3 is 3.22 bits per heavy atom. The number of carbonyl (C=O) groups excluding carboxylic acids is 1. The molecule has 1 amide bonds. The van der Waals surface area contributed by atoms with E-state index in [1.807, 2.05) is 13.0 Å². The van der Waals surface area contributed by atoms with Crippen LogP contribution in [0.1, 0.15) is 28.5 Å². The molecule has 2 unspecified atom stereocenters. The maximum Gasteiger partial charge on any atom is 0.273 e. The molecule has 1 aliphatic heterocycles. The number of amides is 1. The maximum absolute atomic E-state index is 12.2. The van der Waals surface area contributed by atoms with Crippen LogP contribution in [0.25, 0.3) is 0 Å². The van der Waals surface area contributed by atoms with Gasteiger partial charge in [-0.2, -0.15) is 5.26 Å². The summed E-state index contributed by atoms with van der Waals surface area (Å²) >= 11 is 1.38. The van der Waals surface area contributed by atoms with Gasteiger partial charge in [-0.1, -0.05) is 0 Å². The molecule has 18 heavy (non-hydrogen) atoms. The SMILES string of the molecule is CC(N)c1nc(C(=O)N2CCOC(C#N)C2)cs1. The summed E-state index contributed by atoms with van der Waals surface area (Å²) in [5.41, 5.74) is 6.10. The van der Waals surface area contributed by atoms with Crippen molar-refractivity contribution in [3.63, 3.8) is 0 Å². The molecule has 1 aromatic rings. The van der Waals surface area contributed by atoms with Gasteiger partial charge in [0.15, 0.2) is 6.10 Å². The number of aromatic nitrogens is 1. The van der Waals surface area contributed by atoms with E-state index in [2.05, 4.69) is 4.98 Å². The van der Waals surface area contributed by atoms with E-state index in [1.165, 1.54) is 11.3 Å². The van der Waals surface area contributed by atoms with Gasteiger partial charge < -0.3 is 15.4 Å². The number of rotatable bonds is 2. The molecule has 0 spiro atoms. The summed E-state index contributed by atoms with van der Waals surface area (Å²) in [5.74, 6) is -0.165. The maximum atomic E-state index is 12.2. The summed E-state index contributed by atoms with van der Waals surface area (Å²) in [5, 5.41) is 11.2. The van der Waals surface area contributed by atoms with Crippen molar-refractivity contribution in [1.82, 2.24) is 9.88 Å². The molecular weight excluding hydrogens is 252 g/mol. The van der Waals surface area contributed by atoms with Crippen molar-refractivity contribution < 1.29 is 9.53 Å². The minimum Gasteiger partial charge on any atom is -0.360 e. The Morgan fingerprint density at radius 1 is 1.83 bits per heavy atom. The summed E-state index contributed by atoms with van der Waals surface area (Å²) in [6.07, 6.45) is -0.547. The molecule has 96 valence electrons. The van der Waals surface area contributed by atoms with Crippen molar-refractivity contribution in [3.05, 3.63) is 16.1 Å². The summed E-state index contributed by atoms with van der Waals surface area (Å²) in [7, 11) is 0. The molecule has 1 aromatic heterocycles. The van der Waals surface area contributed by atoms with Crippen molar-refractivity contribution in [2.24, 2.45) is 5.73 Å². The molecular formula is C11H14N4O2S. The highest BCUT2D eigenvalue weighted by molar-refractivity contribution is 7.09. The fourth-order valence-corrected chi connectivity index (χ4v) is 2.42. The summed E-state index contributed by atoms with van der Waals surface area (Å²) in [6, 6.07) is 1.84. The summed E-state index contributed by atoms with van der Waals surface area (Å²) in [6.45, 7) is 2.99. The molecule has 2 N–H and O–H groups in total. The Morgan fingerprint density at radius 2 is 2.61 bits per heavy atom. The average Bonchev–Trinajstić information content (AvgIpc) is 2.87. The Kier molecular flexibility index (Phi) is 3.91. The van der Waals surface area contributed by atoms with Crippen molar-refractivity contribution in [1.29, 1.82) is 5.26 Å². The Balaban J connectivity index is 2.08. The largest absolute Gasteiger partial charge is 0.360 e. The number of nitrogens with zero attached hydrogens (tertiary/aromatic N) is 3. The van der Waals surface area contributed by atoms with Crippen LogP contribution in [-0.4, -0.2) is 41.6 Å². The van der Waals surface area contributed by atoms with Crippen LogP contribution < -0.4 is 5.73 Å². The van der Waals surface area contributed by atoms with Crippen molar-refractivity contribution in [2.45, 2.75) is 19.1 Å². The first kappa shape index (κ1) is 13.0. The summed E-state index contributed by atoms with van der Waals surface area (Å²) < 4.78 is 5.19. The highest BCUT2D eigenvalue weighted by Gasteiger charge is 2.26. The average molecular weight is 266 g/mol. The lowest BCUT2D eigenvalue weighted by Gasteiger charge is -2.29. The minimum absolute atomic E-state index is 0.165. The van der Waals surface area contributed by atoms with Gasteiger partial charge in [-0.25, -0.2) is 4.98 Å². The van der Waals surface area contributed by atoms with Gasteiger partial charge in [0.1, 0.15) is 10.7 Å². The number of thiazole rings is 1. The molecule has 0 aromatic carbocycles. The monoisotopic (exact) mass is 266 g/mol. The Labute approximate surface area is 109 Å². The molecule has 2 rings (SSSR count). The third kappa shape index (κ3) is 2.67. The third-order valence-corrected chi connectivity index (χ3v) is 3.67. The van der Waals surface area contributed by atoms with E-state index in [0.29, 0.717) is 25.4 Å². The number of nitriles is 1. The van der Waals surface area contributed by atoms with Crippen LogP contribution in [0.2, 0.25) is 0 Å². The number of carbonyl (C=O) groups is 1. The highest BCUT2D eigenvalue weighted by Crippen LogP contribution is 2.18. The van der Waals surface area contributed by atoms with E-state index in [4.69, 9.17) is 15.7 Å². The smallest absolute Gasteiger partial charge is 0.273 e. The van der Waals surface area contributed by atoms with Crippen LogP contribution in [0.4, 0.5) is 0 Å². The molecule has 0 aliphatic carbocycles. The van der Waals surface area contributed by atoms with Crippen LogP contribution in [0.15, 0.2) is 5.38 Å². The van der Waals surface area contributed by atoms with Gasteiger partial charge in [0.2, 0.25) is 0 Å². The van der Waals surface area contributed by atoms with E-state index in [0.717, 1.165) is 5.01 Å². The van der Waals surface area contributed by atoms with Gasteiger partial charge in [-0.3, -0.25) is 4.79 Å². The number of nitrogens with two attached hydrogens (primary N) is 1. The van der Waals surface area contributed by atoms with E-state index >= 15 is 0 Å². The standard InChI is InChI=1S/C11H14N4O2S/c1-7(13)10-14-9(6-18-10)11(16)15-2-3-17-8(4-12)5-15/h6-8H,2-3,5,13H2,1H3. The molecule has 0 bridgehead atoms. The molecule has 1 aliphatic rings. The minimum atomic E-state index is -0.547. The fourth-order valence-electron chi connectivity index (χ4n) is 1.67. The van der Waals surface area contributed by atoms with Crippen LogP contribution >= 0.6 is 11.3 Å². The van der Waals surface area contributed by atoms with Crippen molar-refractivity contribution >= 4 is 17.2 Å². The third-order valence-electron chi connectivity index (χ3n) is 2.63. The van der Waals surface area contributed by atoms with Gasteiger partial charge >= 0.3 is 0 Å². The zero-order valence-corrected chi connectivity index (χ0v) is 10.8. The predicted octanol–water partition coefficient (Wildman–Crippen LogP) is 0.527. The van der Waals surface area contributed by atoms with Crippen LogP contribution in [0.5, 0.6) is 0 Å². The Bertz CT molecular complexity index is 480. The second-order valence-electron chi connectivity index (χ2n) is 4.10. The molecule has 0 radical (unpaired) electrons. The van der Waals surface area contributed by atoms with Gasteiger partial charge in [0, 0.05) is 11.9 Å². The molecule has 0 saturated carbocycles. The number of morpholine rings is 1. The second-order valence-corrected chi connectivity index (χ2v) is 4.99. The van der Waals surface area contributed by atoms with E-state index in [-0.39, 0.29) is 11.9 Å². The molecule has 2 atom stereocenters. The quantitative estimate of drug-likeness (QED) is 0.842. The van der Waals surface area contributed by atoms with Crippen LogP contribution in [0.3, 0.4) is 0 Å². The first-order valence-corrected chi connectivity index (χ1v) is 6.51. The molecule has 7 heteroatoms. The normalized spacial score (nSPS) is 21.4. The second kappa shape index (κ2) is 5.44. The van der Waals surface area contributed by atoms with Crippen molar-refractivity contribution in [3.8, 4) is 6.07 Å². The lowest BCUT2D eigenvalue weighted by molar-refractivity contribution is 0.00323. The van der Waals surface area contributed by atoms with Crippen molar-refractivity contribution in [2.75, 3.05) is 19.7 Å². The van der Waals surface area contributed by atoms with E-state index in [1.54, 1.807) is 10.3 Å². The first-order chi connectivity index (χ1) is 8.61. The van der Waals surface area contributed by atoms with Crippen LogP contribution in [0, 0.1) is 11.3 Å². The fraction of sp³-hybridized carbons (Fsp3) is 0.545. The number of hydrogen-bond donors (Lipinski definition) is 1. The highest BCUT2D eigenvalue weighted by atomic mass is 32.1. The topological polar surface area (TPSA) is 92.2 Å². The van der Waals surface area contributed by atoms with Gasteiger partial charge in [0.25, 0.3) is 5.91 Å². The number of hydrogen-bond acceptors (Lipinski definition) is 6. The van der Waals surface area contributed by atoms with Gasteiger partial charge in [-0.05, 0) is 6.92 Å². The Hall–Kier alpha value is -1.49. The molecule has 2 heterocycles. The van der Waals surface area contributed by atoms with Gasteiger partial charge in [-0.15, -0.1) is 11.3 Å². The number of ether oxygens (including phenoxy) is 1. The first-order valence-electron chi connectivity index (χ1n) is 5.63. The molecule has 1 saturated heterocycles. The van der Waals surface area contributed by atoms with E-state index in [9.17, 15) is 4.79 Å². The van der Waals surface area contributed by atoms with Gasteiger partial charge in [0.05, 0.1) is 25.3 Å². The predicted molar refractivity (Wildman–Crippen MR) is 66.0 cm³/mol. The summed E-state index contributed by atoms with van der Waals surface area (Å²) in [4.78, 5) is 18.0. The van der Waals surface area contributed by atoms with E-state index < -0.39 is 6.10 Å².